The monoisotopic (exact) mass is 487 g/mol. The highest BCUT2D eigenvalue weighted by Crippen LogP contribution is 2.41. The Kier molecular flexibility index (Phi) is 4.45. The quantitative estimate of drug-likeness (QED) is 0.275. The van der Waals surface area contributed by atoms with Gasteiger partial charge in [-0.3, -0.25) is 9.97 Å². The van der Waals surface area contributed by atoms with Gasteiger partial charge in [0.05, 0.1) is 39.3 Å². The van der Waals surface area contributed by atoms with Gasteiger partial charge in [-0.2, -0.15) is 0 Å². The highest BCUT2D eigenvalue weighted by atomic mass is 14.9. The number of fused-ring (bicyclic) bond motifs is 7. The molecular weight excluding hydrogens is 466 g/mol. The molecule has 8 rings (SSSR count). The van der Waals surface area contributed by atoms with Crippen LogP contribution in [0.5, 0.6) is 0 Å². The van der Waals surface area contributed by atoms with Gasteiger partial charge >= 0.3 is 0 Å². The summed E-state index contributed by atoms with van der Waals surface area (Å²) in [6.07, 6.45) is 5.80. The number of rotatable bonds is 3. The van der Waals surface area contributed by atoms with E-state index in [1.807, 2.05) is 36.4 Å². The summed E-state index contributed by atoms with van der Waals surface area (Å²) in [5.74, 6) is 0. The van der Waals surface area contributed by atoms with Crippen LogP contribution in [0, 0.1) is 0 Å². The topological polar surface area (TPSA) is 58.9 Å². The maximum atomic E-state index is 5.00. The zero-order valence-corrected chi connectivity index (χ0v) is 20.3. The van der Waals surface area contributed by atoms with Crippen molar-refractivity contribution in [1.29, 1.82) is 0 Å². The van der Waals surface area contributed by atoms with Gasteiger partial charge in [0.2, 0.25) is 0 Å². The lowest BCUT2D eigenvalue weighted by molar-refractivity contribution is 1.22. The van der Waals surface area contributed by atoms with Crippen LogP contribution in [0.3, 0.4) is 0 Å². The van der Waals surface area contributed by atoms with Crippen molar-refractivity contribution >= 4 is 38.2 Å². The zero-order valence-electron chi connectivity index (χ0n) is 20.3. The maximum absolute atomic E-state index is 5.00. The minimum atomic E-state index is 0.816. The van der Waals surface area contributed by atoms with Crippen molar-refractivity contribution in [2.45, 2.75) is 0 Å². The van der Waals surface area contributed by atoms with Crippen molar-refractivity contribution in [1.82, 2.24) is 24.3 Å². The fraction of sp³-hybridized carbons (Fsp3) is 0. The molecule has 0 amide bonds. The molecule has 0 atom stereocenters. The van der Waals surface area contributed by atoms with E-state index in [-0.39, 0.29) is 0 Å². The number of H-pyrrole nitrogens is 1. The van der Waals surface area contributed by atoms with E-state index in [0.717, 1.165) is 56.0 Å². The van der Waals surface area contributed by atoms with Crippen molar-refractivity contribution in [3.05, 3.63) is 122 Å². The number of para-hydroxylation sites is 2. The first-order valence-corrected chi connectivity index (χ1v) is 12.6. The zero-order chi connectivity index (χ0) is 25.1. The third-order valence-corrected chi connectivity index (χ3v) is 7.25. The first-order valence-electron chi connectivity index (χ1n) is 12.6. The second-order valence-corrected chi connectivity index (χ2v) is 9.44. The molecule has 38 heavy (non-hydrogen) atoms. The van der Waals surface area contributed by atoms with Crippen LogP contribution < -0.4 is 0 Å². The Morgan fingerprint density at radius 3 is 1.95 bits per heavy atom. The smallest absolute Gasteiger partial charge is 0.0900 e. The van der Waals surface area contributed by atoms with Gasteiger partial charge in [-0.1, -0.05) is 48.5 Å². The van der Waals surface area contributed by atoms with Gasteiger partial charge in [-0.15, -0.1) is 0 Å². The van der Waals surface area contributed by atoms with E-state index in [4.69, 9.17) is 4.98 Å². The molecule has 0 saturated heterocycles. The van der Waals surface area contributed by atoms with Gasteiger partial charge in [-0.05, 0) is 60.2 Å². The van der Waals surface area contributed by atoms with Crippen molar-refractivity contribution < 1.29 is 0 Å². The molecule has 0 saturated carbocycles. The molecule has 2 aromatic carbocycles. The summed E-state index contributed by atoms with van der Waals surface area (Å²) in [6.45, 7) is 0. The summed E-state index contributed by atoms with van der Waals surface area (Å²) in [5.41, 5.74) is 10.1. The van der Waals surface area contributed by atoms with Crippen LogP contribution in [0.2, 0.25) is 0 Å². The molecule has 0 fully saturated rings. The Balaban J connectivity index is 1.53. The summed E-state index contributed by atoms with van der Waals surface area (Å²) in [6, 6.07) is 35.4. The lowest BCUT2D eigenvalue weighted by Gasteiger charge is -2.10. The molecule has 0 radical (unpaired) electrons. The molecule has 0 aliphatic heterocycles. The van der Waals surface area contributed by atoms with Gasteiger partial charge < -0.3 is 9.38 Å². The van der Waals surface area contributed by atoms with Crippen LogP contribution in [-0.4, -0.2) is 24.3 Å². The number of nitrogens with zero attached hydrogens (tertiary/aromatic N) is 4. The van der Waals surface area contributed by atoms with Gasteiger partial charge in [0.15, 0.2) is 0 Å². The molecule has 0 aliphatic carbocycles. The third kappa shape index (κ3) is 3.09. The normalized spacial score (nSPS) is 11.7. The number of benzene rings is 2. The number of aromatic amines is 1. The second-order valence-electron chi connectivity index (χ2n) is 9.44. The van der Waals surface area contributed by atoms with E-state index in [9.17, 15) is 0 Å². The predicted molar refractivity (Wildman–Crippen MR) is 154 cm³/mol. The molecule has 5 nitrogen and oxygen atoms in total. The minimum absolute atomic E-state index is 0.816. The van der Waals surface area contributed by atoms with Crippen LogP contribution in [-0.2, 0) is 0 Å². The highest BCUT2D eigenvalue weighted by molar-refractivity contribution is 6.19. The Morgan fingerprint density at radius 1 is 0.579 bits per heavy atom. The van der Waals surface area contributed by atoms with Gasteiger partial charge in [0, 0.05) is 45.8 Å². The SMILES string of the molecule is c1ccc(-c2cc(-c3c4ccccc4n4ccc5c6ccccc6[nH]c5c34)cc(-c3ccccn3)n2)nc1. The second kappa shape index (κ2) is 8.11. The van der Waals surface area contributed by atoms with E-state index in [2.05, 4.69) is 92.3 Å². The van der Waals surface area contributed by atoms with Crippen LogP contribution >= 0.6 is 0 Å². The average Bonchev–Trinajstić information content (AvgIpc) is 3.54. The fourth-order valence-corrected chi connectivity index (χ4v) is 5.59. The first-order chi connectivity index (χ1) is 18.8. The predicted octanol–water partition coefficient (Wildman–Crippen LogP) is 7.91. The lowest BCUT2D eigenvalue weighted by Crippen LogP contribution is -1.94. The standard InChI is InChI=1S/C33H21N5/c1-3-11-25-22(9-1)23-15-18-38-30-14-4-2-10-24(30)31(33(38)32(23)37-25)21-19-28(26-12-5-7-16-34-26)36-29(20-21)27-13-6-8-17-35-27/h1-20,37H. The molecule has 0 unspecified atom stereocenters. The van der Waals surface area contributed by atoms with E-state index < -0.39 is 0 Å². The van der Waals surface area contributed by atoms with E-state index >= 15 is 0 Å². The average molecular weight is 488 g/mol. The molecule has 1 N–H and O–H groups in total. The molecule has 5 heteroatoms. The Hall–Kier alpha value is -5.29. The highest BCUT2D eigenvalue weighted by Gasteiger charge is 2.20. The van der Waals surface area contributed by atoms with Crippen molar-refractivity contribution in [3.8, 4) is 33.9 Å². The molecular formula is C33H21N5. The van der Waals surface area contributed by atoms with Gasteiger partial charge in [-0.25, -0.2) is 4.98 Å². The largest absolute Gasteiger partial charge is 0.353 e. The lowest BCUT2D eigenvalue weighted by atomic mass is 9.99. The Bertz CT molecular complexity index is 2060. The van der Waals surface area contributed by atoms with Crippen LogP contribution in [0.1, 0.15) is 0 Å². The molecule has 178 valence electrons. The van der Waals surface area contributed by atoms with Crippen LogP contribution in [0.15, 0.2) is 122 Å². The summed E-state index contributed by atoms with van der Waals surface area (Å²) in [7, 11) is 0. The number of aromatic nitrogens is 5. The summed E-state index contributed by atoms with van der Waals surface area (Å²) < 4.78 is 2.30. The van der Waals surface area contributed by atoms with Crippen molar-refractivity contribution in [2.24, 2.45) is 0 Å². The summed E-state index contributed by atoms with van der Waals surface area (Å²) in [4.78, 5) is 18.0. The molecule has 8 aromatic rings. The molecule has 0 bridgehead atoms. The Labute approximate surface area is 218 Å². The van der Waals surface area contributed by atoms with E-state index in [0.29, 0.717) is 0 Å². The summed E-state index contributed by atoms with van der Waals surface area (Å²) >= 11 is 0. The fourth-order valence-electron chi connectivity index (χ4n) is 5.59. The molecule has 0 aliphatic rings. The van der Waals surface area contributed by atoms with Gasteiger partial charge in [0.1, 0.15) is 0 Å². The molecule has 6 heterocycles. The minimum Gasteiger partial charge on any atom is -0.353 e. The van der Waals surface area contributed by atoms with Crippen molar-refractivity contribution in [2.75, 3.05) is 0 Å². The Morgan fingerprint density at radius 2 is 1.24 bits per heavy atom. The van der Waals surface area contributed by atoms with Gasteiger partial charge in [0.25, 0.3) is 0 Å². The number of nitrogens with one attached hydrogen (secondary N) is 1. The van der Waals surface area contributed by atoms with E-state index in [1.165, 1.54) is 16.2 Å². The molecule has 6 aromatic heterocycles. The summed E-state index contributed by atoms with van der Waals surface area (Å²) in [5, 5.41) is 3.61. The maximum Gasteiger partial charge on any atom is 0.0900 e. The van der Waals surface area contributed by atoms with E-state index in [1.54, 1.807) is 12.4 Å². The first kappa shape index (κ1) is 20.9. The third-order valence-electron chi connectivity index (χ3n) is 7.25. The number of hydrogen-bond donors (Lipinski definition) is 1. The number of hydrogen-bond acceptors (Lipinski definition) is 3. The number of pyridine rings is 4. The van der Waals surface area contributed by atoms with Crippen LogP contribution in [0.4, 0.5) is 0 Å². The molecule has 0 spiro atoms. The van der Waals surface area contributed by atoms with Crippen molar-refractivity contribution in [3.63, 3.8) is 0 Å². The van der Waals surface area contributed by atoms with Crippen LogP contribution in [0.25, 0.3) is 72.1 Å².